The summed E-state index contributed by atoms with van der Waals surface area (Å²) in [7, 11) is 0. The van der Waals surface area contributed by atoms with Gasteiger partial charge in [0.2, 0.25) is 0 Å². The lowest BCUT2D eigenvalue weighted by molar-refractivity contribution is 0.0745. The smallest absolute Gasteiger partial charge is 0.254 e. The molecule has 1 aliphatic heterocycles. The Morgan fingerprint density at radius 2 is 1.96 bits per heavy atom. The van der Waals surface area contributed by atoms with Crippen molar-refractivity contribution < 1.29 is 9.53 Å². The van der Waals surface area contributed by atoms with Crippen molar-refractivity contribution in [1.82, 2.24) is 4.90 Å². The second-order valence-electron chi connectivity index (χ2n) is 6.22. The van der Waals surface area contributed by atoms with Crippen molar-refractivity contribution in [3.63, 3.8) is 0 Å². The largest absolute Gasteiger partial charge is 0.492 e. The first kappa shape index (κ1) is 19.3. The Hall–Kier alpha value is -2.04. The minimum atomic E-state index is 0. The summed E-state index contributed by atoms with van der Waals surface area (Å²) in [5.41, 5.74) is 9.79. The van der Waals surface area contributed by atoms with E-state index in [0.29, 0.717) is 25.3 Å². The SMILES string of the molecule is Cc1ccc(C(=O)N2CCCc3ccccc3C2)cc1OCCN.Cl. The number of fused-ring (bicyclic) bond motifs is 1. The maximum atomic E-state index is 12.9. The molecule has 0 bridgehead atoms. The molecule has 2 aromatic carbocycles. The van der Waals surface area contributed by atoms with Crippen molar-refractivity contribution >= 4 is 18.3 Å². The van der Waals surface area contributed by atoms with Crippen molar-refractivity contribution in [3.05, 3.63) is 64.7 Å². The van der Waals surface area contributed by atoms with Crippen LogP contribution in [0.1, 0.15) is 33.5 Å². The van der Waals surface area contributed by atoms with Crippen LogP contribution in [0.15, 0.2) is 42.5 Å². The molecule has 2 aromatic rings. The van der Waals surface area contributed by atoms with E-state index in [9.17, 15) is 4.79 Å². The van der Waals surface area contributed by atoms with Crippen LogP contribution in [0.4, 0.5) is 0 Å². The third-order valence-corrected chi connectivity index (χ3v) is 4.45. The number of carbonyl (C=O) groups excluding carboxylic acids is 1. The lowest BCUT2D eigenvalue weighted by Gasteiger charge is -2.21. The van der Waals surface area contributed by atoms with Crippen LogP contribution < -0.4 is 10.5 Å². The molecule has 0 fully saturated rings. The third kappa shape index (κ3) is 4.53. The summed E-state index contributed by atoms with van der Waals surface area (Å²) < 4.78 is 5.65. The molecule has 2 N–H and O–H groups in total. The van der Waals surface area contributed by atoms with Crippen molar-refractivity contribution in [3.8, 4) is 5.75 Å². The van der Waals surface area contributed by atoms with E-state index in [1.807, 2.05) is 36.1 Å². The number of rotatable bonds is 4. The van der Waals surface area contributed by atoms with Crippen LogP contribution in [0, 0.1) is 6.92 Å². The fourth-order valence-electron chi connectivity index (χ4n) is 3.11. The number of halogens is 1. The van der Waals surface area contributed by atoms with E-state index in [1.54, 1.807) is 0 Å². The highest BCUT2D eigenvalue weighted by Gasteiger charge is 2.20. The number of hydrogen-bond donors (Lipinski definition) is 1. The first-order valence-electron chi connectivity index (χ1n) is 8.48. The van der Waals surface area contributed by atoms with Gasteiger partial charge in [-0.25, -0.2) is 0 Å². The number of benzene rings is 2. The Morgan fingerprint density at radius 1 is 1.20 bits per heavy atom. The third-order valence-electron chi connectivity index (χ3n) is 4.45. The molecule has 0 unspecified atom stereocenters. The van der Waals surface area contributed by atoms with Crippen molar-refractivity contribution in [1.29, 1.82) is 0 Å². The van der Waals surface area contributed by atoms with Crippen LogP contribution in [-0.2, 0) is 13.0 Å². The van der Waals surface area contributed by atoms with Gasteiger partial charge in [-0.15, -0.1) is 12.4 Å². The highest BCUT2D eigenvalue weighted by Crippen LogP contribution is 2.23. The fourth-order valence-corrected chi connectivity index (χ4v) is 3.11. The minimum absolute atomic E-state index is 0. The van der Waals surface area contributed by atoms with Crippen LogP contribution in [0.5, 0.6) is 5.75 Å². The van der Waals surface area contributed by atoms with Gasteiger partial charge in [-0.05, 0) is 48.6 Å². The summed E-state index contributed by atoms with van der Waals surface area (Å²) in [4.78, 5) is 14.9. The molecule has 1 heterocycles. The average Bonchev–Trinajstić information content (AvgIpc) is 2.83. The summed E-state index contributed by atoms with van der Waals surface area (Å²) in [6.07, 6.45) is 2.02. The number of aryl methyl sites for hydroxylation is 2. The van der Waals surface area contributed by atoms with Crippen molar-refractivity contribution in [2.24, 2.45) is 5.73 Å². The van der Waals surface area contributed by atoms with E-state index in [0.717, 1.165) is 30.7 Å². The average molecular weight is 361 g/mol. The molecule has 0 saturated heterocycles. The van der Waals surface area contributed by atoms with Crippen LogP contribution >= 0.6 is 12.4 Å². The van der Waals surface area contributed by atoms with Gasteiger partial charge in [-0.3, -0.25) is 4.79 Å². The maximum absolute atomic E-state index is 12.9. The van der Waals surface area contributed by atoms with Gasteiger partial charge >= 0.3 is 0 Å². The molecule has 25 heavy (non-hydrogen) atoms. The quantitative estimate of drug-likeness (QED) is 0.909. The van der Waals surface area contributed by atoms with Crippen LogP contribution in [0.2, 0.25) is 0 Å². The van der Waals surface area contributed by atoms with E-state index in [-0.39, 0.29) is 18.3 Å². The maximum Gasteiger partial charge on any atom is 0.254 e. The first-order valence-corrected chi connectivity index (χ1v) is 8.48. The summed E-state index contributed by atoms with van der Waals surface area (Å²) >= 11 is 0. The standard InChI is InChI=1S/C20H24N2O2.ClH/c1-15-8-9-17(13-19(15)24-12-10-21)20(23)22-11-4-7-16-5-2-3-6-18(16)14-22;/h2-3,5-6,8-9,13H,4,7,10-12,14,21H2,1H3;1H. The Morgan fingerprint density at radius 3 is 2.72 bits per heavy atom. The van der Waals surface area contributed by atoms with Crippen LogP contribution in [0.25, 0.3) is 0 Å². The Kier molecular flexibility index (Phi) is 6.85. The number of nitrogens with two attached hydrogens (primary N) is 1. The van der Waals surface area contributed by atoms with E-state index in [1.165, 1.54) is 11.1 Å². The Bertz CT molecular complexity index is 733. The molecule has 0 spiro atoms. The van der Waals surface area contributed by atoms with E-state index < -0.39 is 0 Å². The second kappa shape index (κ2) is 8.88. The Labute approximate surface area is 155 Å². The molecule has 3 rings (SSSR count). The normalized spacial score (nSPS) is 13.4. The summed E-state index contributed by atoms with van der Waals surface area (Å²) in [5.74, 6) is 0.797. The van der Waals surface area contributed by atoms with Crippen molar-refractivity contribution in [2.45, 2.75) is 26.3 Å². The number of ether oxygens (including phenoxy) is 1. The molecule has 0 aromatic heterocycles. The Balaban J connectivity index is 0.00000225. The molecule has 1 amide bonds. The van der Waals surface area contributed by atoms with Gasteiger partial charge in [-0.1, -0.05) is 30.3 Å². The highest BCUT2D eigenvalue weighted by molar-refractivity contribution is 5.94. The van der Waals surface area contributed by atoms with Gasteiger partial charge in [0.05, 0.1) is 0 Å². The molecule has 0 atom stereocenters. The summed E-state index contributed by atoms with van der Waals surface area (Å²) in [5, 5.41) is 0. The molecule has 0 radical (unpaired) electrons. The fraction of sp³-hybridized carbons (Fsp3) is 0.350. The van der Waals surface area contributed by atoms with E-state index in [4.69, 9.17) is 10.5 Å². The molecular weight excluding hydrogens is 336 g/mol. The molecule has 1 aliphatic rings. The van der Waals surface area contributed by atoms with Gasteiger partial charge < -0.3 is 15.4 Å². The zero-order chi connectivity index (χ0) is 16.9. The number of amides is 1. The van der Waals surface area contributed by atoms with Gasteiger partial charge in [0.25, 0.3) is 5.91 Å². The zero-order valence-corrected chi connectivity index (χ0v) is 15.3. The lowest BCUT2D eigenvalue weighted by Crippen LogP contribution is -2.30. The molecule has 0 aliphatic carbocycles. The first-order chi connectivity index (χ1) is 11.7. The molecule has 5 heteroatoms. The number of carbonyl (C=O) groups is 1. The molecule has 4 nitrogen and oxygen atoms in total. The molecular formula is C20H25ClN2O2. The van der Waals surface area contributed by atoms with E-state index in [2.05, 4.69) is 18.2 Å². The van der Waals surface area contributed by atoms with E-state index >= 15 is 0 Å². The summed E-state index contributed by atoms with van der Waals surface area (Å²) in [6.45, 7) is 4.33. The van der Waals surface area contributed by atoms with Gasteiger partial charge in [0.1, 0.15) is 12.4 Å². The van der Waals surface area contributed by atoms with Crippen LogP contribution in [0.3, 0.4) is 0 Å². The van der Waals surface area contributed by atoms with Crippen molar-refractivity contribution in [2.75, 3.05) is 19.7 Å². The van der Waals surface area contributed by atoms with Crippen LogP contribution in [-0.4, -0.2) is 30.5 Å². The zero-order valence-electron chi connectivity index (χ0n) is 14.5. The predicted molar refractivity (Wildman–Crippen MR) is 102 cm³/mol. The minimum Gasteiger partial charge on any atom is -0.492 e. The highest BCUT2D eigenvalue weighted by atomic mass is 35.5. The molecule has 0 saturated carbocycles. The predicted octanol–water partition coefficient (Wildman–Crippen LogP) is 3.34. The van der Waals surface area contributed by atoms with Gasteiger partial charge in [-0.2, -0.15) is 0 Å². The topological polar surface area (TPSA) is 55.6 Å². The summed E-state index contributed by atoms with van der Waals surface area (Å²) in [6, 6.07) is 14.0. The lowest BCUT2D eigenvalue weighted by atomic mass is 10.0. The molecule has 134 valence electrons. The number of hydrogen-bond acceptors (Lipinski definition) is 3. The monoisotopic (exact) mass is 360 g/mol. The number of nitrogens with zero attached hydrogens (tertiary/aromatic N) is 1. The van der Waals surface area contributed by atoms with Gasteiger partial charge in [0.15, 0.2) is 0 Å². The second-order valence-corrected chi connectivity index (χ2v) is 6.22. The van der Waals surface area contributed by atoms with Gasteiger partial charge in [0, 0.05) is 25.2 Å².